The van der Waals surface area contributed by atoms with E-state index in [-0.39, 0.29) is 22.2 Å². The van der Waals surface area contributed by atoms with Gasteiger partial charge in [-0.3, -0.25) is 0 Å². The standard InChI is InChI=1S/C13H19ClN2O3S/c1-13(17)6-3-8-16(9-7-13)20(18,19)12-10(14)4-2-5-11(12)15/h2,4-5,17H,3,6-9,15H2,1H3. The Balaban J connectivity index is 2.36. The highest BCUT2D eigenvalue weighted by Gasteiger charge is 2.33. The van der Waals surface area contributed by atoms with Crippen molar-refractivity contribution >= 4 is 27.3 Å². The molecule has 1 heterocycles. The Hall–Kier alpha value is -0.820. The van der Waals surface area contributed by atoms with Crippen LogP contribution in [0.4, 0.5) is 5.69 Å². The van der Waals surface area contributed by atoms with Gasteiger partial charge in [0.25, 0.3) is 0 Å². The predicted molar refractivity (Wildman–Crippen MR) is 79.1 cm³/mol. The number of halogens is 1. The van der Waals surface area contributed by atoms with Gasteiger partial charge >= 0.3 is 0 Å². The van der Waals surface area contributed by atoms with Crippen LogP contribution in [0.25, 0.3) is 0 Å². The third kappa shape index (κ3) is 3.09. The number of sulfonamides is 1. The number of hydrogen-bond donors (Lipinski definition) is 2. The highest BCUT2D eigenvalue weighted by molar-refractivity contribution is 7.89. The summed E-state index contributed by atoms with van der Waals surface area (Å²) < 4.78 is 26.7. The molecule has 0 radical (unpaired) electrons. The molecule has 1 aliphatic rings. The number of nitrogens with zero attached hydrogens (tertiary/aromatic N) is 1. The number of nitrogen functional groups attached to an aromatic ring is 1. The second-order valence-electron chi connectivity index (χ2n) is 5.41. The van der Waals surface area contributed by atoms with E-state index in [2.05, 4.69) is 0 Å². The van der Waals surface area contributed by atoms with Gasteiger partial charge in [0, 0.05) is 13.1 Å². The summed E-state index contributed by atoms with van der Waals surface area (Å²) in [6.45, 7) is 2.36. The first kappa shape index (κ1) is 15.6. The van der Waals surface area contributed by atoms with Crippen molar-refractivity contribution in [2.24, 2.45) is 0 Å². The van der Waals surface area contributed by atoms with Crippen LogP contribution < -0.4 is 5.73 Å². The Kier molecular flexibility index (Phi) is 4.30. The van der Waals surface area contributed by atoms with Crippen molar-refractivity contribution in [3.8, 4) is 0 Å². The zero-order valence-corrected chi connectivity index (χ0v) is 12.9. The largest absolute Gasteiger partial charge is 0.398 e. The zero-order valence-electron chi connectivity index (χ0n) is 11.3. The van der Waals surface area contributed by atoms with Crippen LogP contribution in [0.1, 0.15) is 26.2 Å². The molecule has 1 aromatic rings. The number of nitrogens with two attached hydrogens (primary N) is 1. The third-order valence-electron chi connectivity index (χ3n) is 3.62. The van der Waals surface area contributed by atoms with E-state index in [1.54, 1.807) is 13.0 Å². The van der Waals surface area contributed by atoms with Crippen LogP contribution in [0, 0.1) is 0 Å². The minimum atomic E-state index is -3.73. The molecule has 7 heteroatoms. The molecule has 5 nitrogen and oxygen atoms in total. The highest BCUT2D eigenvalue weighted by atomic mass is 35.5. The van der Waals surface area contributed by atoms with Crippen LogP contribution in [0.15, 0.2) is 23.1 Å². The molecule has 0 saturated carbocycles. The van der Waals surface area contributed by atoms with Gasteiger partial charge in [0.15, 0.2) is 0 Å². The number of benzene rings is 1. The monoisotopic (exact) mass is 318 g/mol. The molecule has 112 valence electrons. The molecule has 0 bridgehead atoms. The summed E-state index contributed by atoms with van der Waals surface area (Å²) >= 11 is 5.99. The van der Waals surface area contributed by atoms with Crippen molar-refractivity contribution in [3.05, 3.63) is 23.2 Å². The van der Waals surface area contributed by atoms with E-state index in [1.807, 2.05) is 0 Å². The molecule has 20 heavy (non-hydrogen) atoms. The van der Waals surface area contributed by atoms with Crippen molar-refractivity contribution in [1.29, 1.82) is 0 Å². The maximum absolute atomic E-state index is 12.7. The SMILES string of the molecule is CC1(O)CCCN(S(=O)(=O)c2c(N)cccc2Cl)CC1. The van der Waals surface area contributed by atoms with Gasteiger partial charge < -0.3 is 10.8 Å². The van der Waals surface area contributed by atoms with Crippen LogP contribution in [0.2, 0.25) is 5.02 Å². The molecule has 1 unspecified atom stereocenters. The summed E-state index contributed by atoms with van der Waals surface area (Å²) in [5, 5.41) is 10.2. The topological polar surface area (TPSA) is 83.6 Å². The van der Waals surface area contributed by atoms with Crippen molar-refractivity contribution in [3.63, 3.8) is 0 Å². The van der Waals surface area contributed by atoms with E-state index in [0.29, 0.717) is 25.8 Å². The fraction of sp³-hybridized carbons (Fsp3) is 0.538. The Morgan fingerprint density at radius 2 is 2.05 bits per heavy atom. The second kappa shape index (κ2) is 5.52. The molecule has 1 fully saturated rings. The molecule has 0 spiro atoms. The van der Waals surface area contributed by atoms with Crippen molar-refractivity contribution in [1.82, 2.24) is 4.31 Å². The van der Waals surface area contributed by atoms with Gasteiger partial charge in [-0.1, -0.05) is 17.7 Å². The van der Waals surface area contributed by atoms with Crippen molar-refractivity contribution in [2.45, 2.75) is 36.7 Å². The van der Waals surface area contributed by atoms with E-state index in [0.717, 1.165) is 0 Å². The number of anilines is 1. The van der Waals surface area contributed by atoms with Gasteiger partial charge in [-0.25, -0.2) is 8.42 Å². The Morgan fingerprint density at radius 3 is 2.70 bits per heavy atom. The van der Waals surface area contributed by atoms with Crippen LogP contribution in [0.3, 0.4) is 0 Å². The van der Waals surface area contributed by atoms with Gasteiger partial charge in [-0.2, -0.15) is 4.31 Å². The molecule has 2 rings (SSSR count). The molecule has 1 atom stereocenters. The molecule has 0 aliphatic carbocycles. The predicted octanol–water partition coefficient (Wildman–Crippen LogP) is 1.85. The van der Waals surface area contributed by atoms with Gasteiger partial charge in [-0.15, -0.1) is 0 Å². The number of hydrogen-bond acceptors (Lipinski definition) is 4. The van der Waals surface area contributed by atoms with Crippen LogP contribution in [-0.2, 0) is 10.0 Å². The summed E-state index contributed by atoms with van der Waals surface area (Å²) in [5.41, 5.74) is 5.09. The second-order valence-corrected chi connectivity index (χ2v) is 7.69. The summed E-state index contributed by atoms with van der Waals surface area (Å²) in [4.78, 5) is -0.0387. The van der Waals surface area contributed by atoms with Gasteiger partial charge in [0.05, 0.1) is 16.3 Å². The summed E-state index contributed by atoms with van der Waals surface area (Å²) in [6, 6.07) is 4.65. The molecule has 0 amide bonds. The summed E-state index contributed by atoms with van der Waals surface area (Å²) in [7, 11) is -3.73. The lowest BCUT2D eigenvalue weighted by Crippen LogP contribution is -2.34. The van der Waals surface area contributed by atoms with Gasteiger partial charge in [0.1, 0.15) is 4.90 Å². The maximum Gasteiger partial charge on any atom is 0.246 e. The zero-order chi connectivity index (χ0) is 15.0. The number of rotatable bonds is 2. The van der Waals surface area contributed by atoms with E-state index >= 15 is 0 Å². The summed E-state index contributed by atoms with van der Waals surface area (Å²) in [5.74, 6) is 0. The summed E-state index contributed by atoms with van der Waals surface area (Å²) in [6.07, 6.45) is 1.59. The first-order valence-corrected chi connectivity index (χ1v) is 8.32. The molecule has 1 saturated heterocycles. The lowest BCUT2D eigenvalue weighted by atomic mass is 9.98. The Bertz CT molecular complexity index is 581. The van der Waals surface area contributed by atoms with Gasteiger partial charge in [-0.05, 0) is 38.3 Å². The lowest BCUT2D eigenvalue weighted by molar-refractivity contribution is 0.0465. The Morgan fingerprint density at radius 1 is 1.35 bits per heavy atom. The minimum Gasteiger partial charge on any atom is -0.398 e. The first-order chi connectivity index (χ1) is 9.24. The van der Waals surface area contributed by atoms with Crippen LogP contribution in [0.5, 0.6) is 0 Å². The molecular weight excluding hydrogens is 300 g/mol. The number of aliphatic hydroxyl groups is 1. The Labute approximate surface area is 124 Å². The average Bonchev–Trinajstić information content (AvgIpc) is 2.50. The molecule has 0 aromatic heterocycles. The van der Waals surface area contributed by atoms with E-state index in [1.165, 1.54) is 16.4 Å². The molecule has 1 aliphatic heterocycles. The van der Waals surface area contributed by atoms with E-state index < -0.39 is 15.6 Å². The smallest absolute Gasteiger partial charge is 0.246 e. The highest BCUT2D eigenvalue weighted by Crippen LogP contribution is 2.32. The molecule has 3 N–H and O–H groups in total. The fourth-order valence-electron chi connectivity index (χ4n) is 2.41. The normalized spacial score (nSPS) is 25.4. The molecule has 1 aromatic carbocycles. The van der Waals surface area contributed by atoms with Crippen molar-refractivity contribution in [2.75, 3.05) is 18.8 Å². The minimum absolute atomic E-state index is 0.0387. The van der Waals surface area contributed by atoms with E-state index in [4.69, 9.17) is 17.3 Å². The lowest BCUT2D eigenvalue weighted by Gasteiger charge is -2.23. The van der Waals surface area contributed by atoms with Gasteiger partial charge in [0.2, 0.25) is 10.0 Å². The van der Waals surface area contributed by atoms with Crippen LogP contribution in [-0.4, -0.2) is 36.5 Å². The fourth-order valence-corrected chi connectivity index (χ4v) is 4.52. The maximum atomic E-state index is 12.7. The molecular formula is C13H19ClN2O3S. The first-order valence-electron chi connectivity index (χ1n) is 6.50. The van der Waals surface area contributed by atoms with Crippen molar-refractivity contribution < 1.29 is 13.5 Å². The average molecular weight is 319 g/mol. The van der Waals surface area contributed by atoms with E-state index in [9.17, 15) is 13.5 Å². The quantitative estimate of drug-likeness (QED) is 0.815. The van der Waals surface area contributed by atoms with Crippen LogP contribution >= 0.6 is 11.6 Å². The third-order valence-corrected chi connectivity index (χ3v) is 6.06.